The van der Waals surface area contributed by atoms with Gasteiger partial charge in [-0.1, -0.05) is 12.8 Å². The van der Waals surface area contributed by atoms with Gasteiger partial charge < -0.3 is 14.7 Å². The van der Waals surface area contributed by atoms with Crippen LogP contribution in [-0.4, -0.2) is 72.7 Å². The minimum absolute atomic E-state index is 0.0224. The lowest BCUT2D eigenvalue weighted by atomic mass is 10.00. The number of ether oxygens (including phenoxy) is 1. The van der Waals surface area contributed by atoms with Gasteiger partial charge in [-0.3, -0.25) is 14.5 Å². The van der Waals surface area contributed by atoms with Crippen molar-refractivity contribution in [3.05, 3.63) is 21.4 Å². The molecule has 0 aromatic carbocycles. The number of likely N-dealkylation sites (N-methyl/N-ethyl adjacent to an activating group) is 1. The zero-order chi connectivity index (χ0) is 18.5. The monoisotopic (exact) mass is 380 g/mol. The first-order valence-corrected chi connectivity index (χ1v) is 10.3. The number of morpholine rings is 1. The summed E-state index contributed by atoms with van der Waals surface area (Å²) in [7, 11) is 1.76. The number of aliphatic carboxylic acids is 1. The number of thiophene rings is 1. The van der Waals surface area contributed by atoms with E-state index in [1.54, 1.807) is 23.3 Å². The third-order valence-electron chi connectivity index (χ3n) is 5.05. The molecule has 0 bridgehead atoms. The van der Waals surface area contributed by atoms with Crippen LogP contribution in [0.15, 0.2) is 6.07 Å². The average molecular weight is 381 g/mol. The molecule has 1 saturated heterocycles. The van der Waals surface area contributed by atoms with Crippen LogP contribution in [0.4, 0.5) is 0 Å². The zero-order valence-electron chi connectivity index (χ0n) is 15.4. The Bertz CT molecular complexity index is 620. The molecule has 6 nitrogen and oxygen atoms in total. The first-order chi connectivity index (χ1) is 12.5. The molecule has 26 heavy (non-hydrogen) atoms. The van der Waals surface area contributed by atoms with Crippen molar-refractivity contribution >= 4 is 23.2 Å². The van der Waals surface area contributed by atoms with Crippen molar-refractivity contribution < 1.29 is 19.4 Å². The molecule has 1 fully saturated rings. The number of carbonyl (C=O) groups is 2. The van der Waals surface area contributed by atoms with Crippen LogP contribution >= 0.6 is 11.3 Å². The van der Waals surface area contributed by atoms with Crippen molar-refractivity contribution in [2.75, 3.05) is 39.8 Å². The summed E-state index contributed by atoms with van der Waals surface area (Å²) in [6.07, 6.45) is 7.05. The second-order valence-electron chi connectivity index (χ2n) is 7.31. The Kier molecular flexibility index (Phi) is 6.67. The molecule has 1 aliphatic carbocycles. The normalized spacial score (nSPS) is 21.2. The van der Waals surface area contributed by atoms with Crippen molar-refractivity contribution in [1.82, 2.24) is 9.80 Å². The smallest absolute Gasteiger partial charge is 0.317 e. The fourth-order valence-electron chi connectivity index (χ4n) is 3.76. The highest BCUT2D eigenvalue weighted by atomic mass is 32.1. The molecule has 0 saturated carbocycles. The highest BCUT2D eigenvalue weighted by Gasteiger charge is 2.28. The SMILES string of the molecule is CN(CC(=O)O)CC1CN(C(=O)c2cc3c(s2)CCCCCC3)CCO1. The van der Waals surface area contributed by atoms with Crippen LogP contribution < -0.4 is 0 Å². The van der Waals surface area contributed by atoms with E-state index in [0.717, 1.165) is 17.7 Å². The van der Waals surface area contributed by atoms with Crippen LogP contribution in [0.1, 0.15) is 45.8 Å². The van der Waals surface area contributed by atoms with Crippen molar-refractivity contribution in [2.24, 2.45) is 0 Å². The molecular weight excluding hydrogens is 352 g/mol. The molecule has 0 spiro atoms. The van der Waals surface area contributed by atoms with Gasteiger partial charge in [0, 0.05) is 24.5 Å². The van der Waals surface area contributed by atoms with Gasteiger partial charge in [-0.25, -0.2) is 0 Å². The van der Waals surface area contributed by atoms with Gasteiger partial charge in [0.15, 0.2) is 0 Å². The summed E-state index contributed by atoms with van der Waals surface area (Å²) in [5.74, 6) is -0.761. The molecule has 1 amide bonds. The fourth-order valence-corrected chi connectivity index (χ4v) is 4.98. The number of fused-ring (bicyclic) bond motifs is 1. The third-order valence-corrected chi connectivity index (χ3v) is 6.28. The van der Waals surface area contributed by atoms with E-state index in [1.807, 2.05) is 4.90 Å². The summed E-state index contributed by atoms with van der Waals surface area (Å²) in [4.78, 5) is 29.6. The van der Waals surface area contributed by atoms with Gasteiger partial charge in [-0.15, -0.1) is 11.3 Å². The predicted octanol–water partition coefficient (Wildman–Crippen LogP) is 2.26. The number of rotatable bonds is 5. The summed E-state index contributed by atoms with van der Waals surface area (Å²) >= 11 is 1.66. The lowest BCUT2D eigenvalue weighted by Gasteiger charge is -2.34. The number of hydrogen-bond donors (Lipinski definition) is 1. The van der Waals surface area contributed by atoms with Gasteiger partial charge in [0.05, 0.1) is 24.1 Å². The standard InChI is InChI=1S/C19H28N2O4S/c1-20(13-18(22)23)11-15-12-21(8-9-25-15)19(24)17-10-14-6-4-2-3-5-7-16(14)26-17/h10,15H,2-9,11-13H2,1H3,(H,22,23). The third kappa shape index (κ3) is 5.05. The van der Waals surface area contributed by atoms with Crippen LogP contribution in [-0.2, 0) is 22.4 Å². The minimum atomic E-state index is -0.854. The highest BCUT2D eigenvalue weighted by molar-refractivity contribution is 7.14. The van der Waals surface area contributed by atoms with Crippen molar-refractivity contribution in [3.63, 3.8) is 0 Å². The second kappa shape index (κ2) is 8.97. The van der Waals surface area contributed by atoms with Crippen LogP contribution in [0.2, 0.25) is 0 Å². The Labute approximate surface area is 158 Å². The molecule has 1 aromatic heterocycles. The molecule has 1 N–H and O–H groups in total. The van der Waals surface area contributed by atoms with Gasteiger partial charge >= 0.3 is 5.97 Å². The molecule has 3 rings (SSSR count). The largest absolute Gasteiger partial charge is 0.480 e. The summed E-state index contributed by atoms with van der Waals surface area (Å²) in [6, 6.07) is 2.11. The van der Waals surface area contributed by atoms with Crippen LogP contribution in [0.25, 0.3) is 0 Å². The van der Waals surface area contributed by atoms with Gasteiger partial charge in [0.1, 0.15) is 0 Å². The number of aryl methyl sites for hydroxylation is 2. The topological polar surface area (TPSA) is 70.1 Å². The van der Waals surface area contributed by atoms with Crippen LogP contribution in [0.3, 0.4) is 0 Å². The molecule has 1 atom stereocenters. The molecule has 144 valence electrons. The van der Waals surface area contributed by atoms with E-state index in [0.29, 0.717) is 26.2 Å². The molecule has 2 heterocycles. The fraction of sp³-hybridized carbons (Fsp3) is 0.684. The number of carboxylic acid groups (broad SMARTS) is 1. The predicted molar refractivity (Wildman–Crippen MR) is 101 cm³/mol. The summed E-state index contributed by atoms with van der Waals surface area (Å²) < 4.78 is 5.74. The van der Waals surface area contributed by atoms with Gasteiger partial charge in [0.25, 0.3) is 5.91 Å². The molecule has 2 aliphatic rings. The van der Waals surface area contributed by atoms with E-state index in [-0.39, 0.29) is 18.6 Å². The van der Waals surface area contributed by atoms with Crippen LogP contribution in [0.5, 0.6) is 0 Å². The number of carbonyl (C=O) groups excluding carboxylic acids is 1. The Hall–Kier alpha value is -1.44. The summed E-state index contributed by atoms with van der Waals surface area (Å²) in [5.41, 5.74) is 1.36. The van der Waals surface area contributed by atoms with Crippen LogP contribution in [0, 0.1) is 0 Å². The van der Waals surface area contributed by atoms with Gasteiger partial charge in [-0.2, -0.15) is 0 Å². The maximum atomic E-state index is 13.0. The van der Waals surface area contributed by atoms with E-state index in [9.17, 15) is 9.59 Å². The first kappa shape index (κ1) is 19.3. The number of hydrogen-bond acceptors (Lipinski definition) is 5. The van der Waals surface area contributed by atoms with Crippen molar-refractivity contribution in [3.8, 4) is 0 Å². The quantitative estimate of drug-likeness (QED) is 0.849. The summed E-state index contributed by atoms with van der Waals surface area (Å²) in [5, 5.41) is 8.88. The molecular formula is C19H28N2O4S. The Morgan fingerprint density at radius 3 is 2.85 bits per heavy atom. The van der Waals surface area contributed by atoms with E-state index < -0.39 is 5.97 Å². The second-order valence-corrected chi connectivity index (χ2v) is 8.44. The van der Waals surface area contributed by atoms with E-state index in [2.05, 4.69) is 6.07 Å². The zero-order valence-corrected chi connectivity index (χ0v) is 16.2. The first-order valence-electron chi connectivity index (χ1n) is 9.45. The number of nitrogens with zero attached hydrogens (tertiary/aromatic N) is 2. The lowest BCUT2D eigenvalue weighted by molar-refractivity contribution is -0.138. The Morgan fingerprint density at radius 2 is 2.08 bits per heavy atom. The Balaban J connectivity index is 1.62. The molecule has 1 aliphatic heterocycles. The van der Waals surface area contributed by atoms with Gasteiger partial charge in [-0.05, 0) is 44.4 Å². The molecule has 1 unspecified atom stereocenters. The van der Waals surface area contributed by atoms with E-state index in [4.69, 9.17) is 9.84 Å². The van der Waals surface area contributed by atoms with Crippen molar-refractivity contribution in [2.45, 2.75) is 44.6 Å². The molecule has 1 aromatic rings. The number of carboxylic acids is 1. The maximum Gasteiger partial charge on any atom is 0.317 e. The van der Waals surface area contributed by atoms with E-state index >= 15 is 0 Å². The maximum absolute atomic E-state index is 13.0. The van der Waals surface area contributed by atoms with E-state index in [1.165, 1.54) is 36.1 Å². The van der Waals surface area contributed by atoms with Crippen molar-refractivity contribution in [1.29, 1.82) is 0 Å². The average Bonchev–Trinajstić information content (AvgIpc) is 2.95. The highest BCUT2D eigenvalue weighted by Crippen LogP contribution is 2.29. The lowest BCUT2D eigenvalue weighted by Crippen LogP contribution is -2.49. The Morgan fingerprint density at radius 1 is 1.31 bits per heavy atom. The minimum Gasteiger partial charge on any atom is -0.480 e. The summed E-state index contributed by atoms with van der Waals surface area (Å²) in [6.45, 7) is 2.11. The molecule has 0 radical (unpaired) electrons. The molecule has 7 heteroatoms. The number of amides is 1. The van der Waals surface area contributed by atoms with Gasteiger partial charge in [0.2, 0.25) is 0 Å².